The number of amides is 3. The molecular weight excluding hydrogens is 382 g/mol. The number of anilines is 1. The highest BCUT2D eigenvalue weighted by Crippen LogP contribution is 2.44. The quantitative estimate of drug-likeness (QED) is 0.749. The summed E-state index contributed by atoms with van der Waals surface area (Å²) < 4.78 is 5.35. The van der Waals surface area contributed by atoms with Crippen LogP contribution in [0.15, 0.2) is 61.2 Å². The molecule has 2 aromatic carbocycles. The summed E-state index contributed by atoms with van der Waals surface area (Å²) in [4.78, 5) is 42.7. The van der Waals surface area contributed by atoms with E-state index in [-0.39, 0.29) is 37.7 Å². The number of hydrogen-bond acceptors (Lipinski definition) is 4. The van der Waals surface area contributed by atoms with Crippen LogP contribution in [-0.4, -0.2) is 41.9 Å². The van der Waals surface area contributed by atoms with Gasteiger partial charge in [-0.05, 0) is 18.2 Å². The van der Waals surface area contributed by atoms with Gasteiger partial charge < -0.3 is 15.0 Å². The number of methoxy groups -OCH3 is 1. The minimum absolute atomic E-state index is 0.152. The van der Waals surface area contributed by atoms with E-state index < -0.39 is 11.6 Å². The van der Waals surface area contributed by atoms with E-state index in [0.717, 1.165) is 5.56 Å². The lowest BCUT2D eigenvalue weighted by atomic mass is 9.95. The Balaban J connectivity index is 1.74. The van der Waals surface area contributed by atoms with E-state index >= 15 is 0 Å². The number of rotatable bonds is 6. The Kier molecular flexibility index (Phi) is 5.03. The maximum absolute atomic E-state index is 13.6. The molecule has 0 spiro atoms. The highest BCUT2D eigenvalue weighted by atomic mass is 16.5. The first kappa shape index (κ1) is 19.7. The lowest BCUT2D eigenvalue weighted by Gasteiger charge is -2.48. The molecule has 7 nitrogen and oxygen atoms in total. The number of ether oxygens (including phenoxy) is 1. The van der Waals surface area contributed by atoms with Gasteiger partial charge in [0, 0.05) is 31.5 Å². The van der Waals surface area contributed by atoms with E-state index in [9.17, 15) is 14.4 Å². The van der Waals surface area contributed by atoms with Crippen LogP contribution in [0, 0.1) is 0 Å². The second-order valence-electron chi connectivity index (χ2n) is 7.26. The summed E-state index contributed by atoms with van der Waals surface area (Å²) in [7, 11) is 1.57. The van der Waals surface area contributed by atoms with Crippen LogP contribution in [-0.2, 0) is 16.1 Å². The highest BCUT2D eigenvalue weighted by Gasteiger charge is 2.60. The molecule has 2 aromatic rings. The number of carbonyl (C=O) groups is 3. The van der Waals surface area contributed by atoms with Crippen molar-refractivity contribution in [3.63, 3.8) is 0 Å². The molecule has 3 amide bonds. The second kappa shape index (κ2) is 7.67. The van der Waals surface area contributed by atoms with Crippen LogP contribution < -0.4 is 15.0 Å². The molecular formula is C23H23N3O4. The summed E-state index contributed by atoms with van der Waals surface area (Å²) in [6, 6.07) is 14.3. The zero-order valence-electron chi connectivity index (χ0n) is 16.8. The predicted octanol–water partition coefficient (Wildman–Crippen LogP) is 2.48. The molecule has 1 atom stereocenters. The minimum atomic E-state index is -1.42. The molecule has 1 fully saturated rings. The van der Waals surface area contributed by atoms with E-state index in [4.69, 9.17) is 4.74 Å². The molecule has 0 bridgehead atoms. The molecule has 0 radical (unpaired) electrons. The van der Waals surface area contributed by atoms with Crippen LogP contribution in [0.3, 0.4) is 0 Å². The number of fused-ring (bicyclic) bond motifs is 3. The van der Waals surface area contributed by atoms with Gasteiger partial charge in [0.15, 0.2) is 0 Å². The standard InChI is InChI=1S/C23H23N3O4/c1-3-14-25-21(28)17-9-5-6-10-18(17)26-20(27)12-13-23(25,26)22(29)24-15-16-8-4-7-11-19(16)30-2/h3-11H,1,12-15H2,2H3,(H,24,29). The summed E-state index contributed by atoms with van der Waals surface area (Å²) in [6.45, 7) is 4.10. The van der Waals surface area contributed by atoms with Crippen molar-refractivity contribution in [3.8, 4) is 5.75 Å². The van der Waals surface area contributed by atoms with Crippen molar-refractivity contribution in [1.82, 2.24) is 10.2 Å². The number of hydrogen-bond donors (Lipinski definition) is 1. The van der Waals surface area contributed by atoms with Gasteiger partial charge in [-0.2, -0.15) is 0 Å². The Labute approximate surface area is 174 Å². The Morgan fingerprint density at radius 2 is 1.93 bits per heavy atom. The number of carbonyl (C=O) groups excluding carboxylic acids is 3. The lowest BCUT2D eigenvalue weighted by molar-refractivity contribution is -0.133. The molecule has 1 unspecified atom stereocenters. The monoisotopic (exact) mass is 405 g/mol. The topological polar surface area (TPSA) is 79.0 Å². The van der Waals surface area contributed by atoms with Crippen molar-refractivity contribution >= 4 is 23.4 Å². The van der Waals surface area contributed by atoms with Gasteiger partial charge in [0.1, 0.15) is 5.75 Å². The largest absolute Gasteiger partial charge is 0.496 e. The zero-order valence-corrected chi connectivity index (χ0v) is 16.8. The summed E-state index contributed by atoms with van der Waals surface area (Å²) in [5, 5.41) is 2.92. The zero-order chi connectivity index (χ0) is 21.3. The van der Waals surface area contributed by atoms with Gasteiger partial charge in [0.25, 0.3) is 11.8 Å². The van der Waals surface area contributed by atoms with Gasteiger partial charge >= 0.3 is 0 Å². The highest BCUT2D eigenvalue weighted by molar-refractivity contribution is 6.16. The number of nitrogens with zero attached hydrogens (tertiary/aromatic N) is 2. The number of benzene rings is 2. The Hall–Kier alpha value is -3.61. The van der Waals surface area contributed by atoms with Gasteiger partial charge in [-0.3, -0.25) is 19.3 Å². The average Bonchev–Trinajstić information content (AvgIpc) is 3.13. The molecule has 1 N–H and O–H groups in total. The maximum atomic E-state index is 13.6. The summed E-state index contributed by atoms with van der Waals surface area (Å²) in [5.41, 5.74) is 0.262. The van der Waals surface area contributed by atoms with E-state index in [2.05, 4.69) is 11.9 Å². The molecule has 154 valence electrons. The van der Waals surface area contributed by atoms with Crippen molar-refractivity contribution < 1.29 is 19.1 Å². The van der Waals surface area contributed by atoms with Gasteiger partial charge in [0.05, 0.1) is 18.4 Å². The number of nitrogens with one attached hydrogen (secondary N) is 1. The van der Waals surface area contributed by atoms with Crippen molar-refractivity contribution in [1.29, 1.82) is 0 Å². The third-order valence-corrected chi connectivity index (χ3v) is 5.68. The smallest absolute Gasteiger partial charge is 0.267 e. The second-order valence-corrected chi connectivity index (χ2v) is 7.26. The normalized spacial score (nSPS) is 19.9. The predicted molar refractivity (Wildman–Crippen MR) is 112 cm³/mol. The van der Waals surface area contributed by atoms with Gasteiger partial charge in [-0.1, -0.05) is 36.4 Å². The van der Waals surface area contributed by atoms with Gasteiger partial charge in [-0.15, -0.1) is 6.58 Å². The molecule has 7 heteroatoms. The molecule has 2 aliphatic rings. The average molecular weight is 405 g/mol. The Morgan fingerprint density at radius 3 is 2.70 bits per heavy atom. The van der Waals surface area contributed by atoms with Crippen LogP contribution in [0.1, 0.15) is 28.8 Å². The van der Waals surface area contributed by atoms with Crippen molar-refractivity contribution in [2.45, 2.75) is 25.0 Å². The first-order chi connectivity index (χ1) is 14.5. The van der Waals surface area contributed by atoms with E-state index in [1.807, 2.05) is 24.3 Å². The molecule has 0 aromatic heterocycles. The molecule has 1 saturated heterocycles. The van der Waals surface area contributed by atoms with Crippen LogP contribution in [0.25, 0.3) is 0 Å². The number of para-hydroxylation sites is 2. The van der Waals surface area contributed by atoms with Gasteiger partial charge in [0.2, 0.25) is 11.6 Å². The van der Waals surface area contributed by atoms with Crippen LogP contribution in [0.4, 0.5) is 5.69 Å². The van der Waals surface area contributed by atoms with E-state index in [0.29, 0.717) is 17.0 Å². The van der Waals surface area contributed by atoms with Crippen molar-refractivity contribution in [3.05, 3.63) is 72.3 Å². The first-order valence-electron chi connectivity index (χ1n) is 9.79. The van der Waals surface area contributed by atoms with Crippen LogP contribution in [0.2, 0.25) is 0 Å². The fourth-order valence-electron chi connectivity index (χ4n) is 4.33. The summed E-state index contributed by atoms with van der Waals surface area (Å²) in [6.07, 6.45) is 1.97. The van der Waals surface area contributed by atoms with E-state index in [1.165, 1.54) is 9.80 Å². The third-order valence-electron chi connectivity index (χ3n) is 5.68. The fourth-order valence-corrected chi connectivity index (χ4v) is 4.33. The molecule has 30 heavy (non-hydrogen) atoms. The first-order valence-corrected chi connectivity index (χ1v) is 9.79. The van der Waals surface area contributed by atoms with Crippen molar-refractivity contribution in [2.75, 3.05) is 18.6 Å². The molecule has 2 aliphatic heterocycles. The van der Waals surface area contributed by atoms with Gasteiger partial charge in [-0.25, -0.2) is 0 Å². The Morgan fingerprint density at radius 1 is 1.20 bits per heavy atom. The third kappa shape index (κ3) is 2.85. The van der Waals surface area contributed by atoms with Crippen LogP contribution >= 0.6 is 0 Å². The molecule has 0 aliphatic carbocycles. The molecule has 2 heterocycles. The summed E-state index contributed by atoms with van der Waals surface area (Å²) >= 11 is 0. The van der Waals surface area contributed by atoms with Crippen molar-refractivity contribution in [2.24, 2.45) is 0 Å². The minimum Gasteiger partial charge on any atom is -0.496 e. The fraction of sp³-hybridized carbons (Fsp3) is 0.261. The van der Waals surface area contributed by atoms with Crippen LogP contribution in [0.5, 0.6) is 5.75 Å². The summed E-state index contributed by atoms with van der Waals surface area (Å²) in [5.74, 6) is -0.216. The SMILES string of the molecule is C=CCN1C(=O)c2ccccc2N2C(=O)CCC12C(=O)NCc1ccccc1OC. The Bertz CT molecular complexity index is 1030. The molecule has 0 saturated carbocycles. The van der Waals surface area contributed by atoms with E-state index in [1.54, 1.807) is 37.5 Å². The maximum Gasteiger partial charge on any atom is 0.267 e. The molecule has 4 rings (SSSR count). The lowest BCUT2D eigenvalue weighted by Crippen LogP contribution is -2.70.